The molecule has 3 aromatic rings. The average molecular weight is 342 g/mol. The lowest BCUT2D eigenvalue weighted by Crippen LogP contribution is -2.26. The normalized spacial score (nSPS) is 12.4. The molecule has 4 nitrogen and oxygen atoms in total. The molecule has 124 valence electrons. The van der Waals surface area contributed by atoms with Crippen LogP contribution in [0.5, 0.6) is 0 Å². The summed E-state index contributed by atoms with van der Waals surface area (Å²) in [5.74, 6) is 0.123. The first kappa shape index (κ1) is 16.8. The number of nitrogens with zero attached hydrogens (tertiary/aromatic N) is 2. The number of pyridine rings is 2. The first-order chi connectivity index (χ1) is 11.8. The molecule has 0 aliphatic carbocycles. The lowest BCUT2D eigenvalue weighted by Gasteiger charge is -2.15. The highest BCUT2D eigenvalue weighted by Crippen LogP contribution is 2.22. The number of halogens is 1. The molecular formula is C19H20ClN3O. The van der Waals surface area contributed by atoms with Gasteiger partial charge in [0.25, 0.3) is 0 Å². The molecule has 2 aromatic heterocycles. The van der Waals surface area contributed by atoms with Crippen molar-refractivity contribution in [3.05, 3.63) is 71.1 Å². The van der Waals surface area contributed by atoms with Crippen LogP contribution in [0.15, 0.2) is 54.9 Å². The van der Waals surface area contributed by atoms with Gasteiger partial charge in [-0.3, -0.25) is 9.97 Å². The molecule has 1 atom stereocenters. The third-order valence-electron chi connectivity index (χ3n) is 3.98. The molecule has 24 heavy (non-hydrogen) atoms. The van der Waals surface area contributed by atoms with E-state index in [4.69, 9.17) is 11.6 Å². The summed E-state index contributed by atoms with van der Waals surface area (Å²) in [6, 6.07) is 13.6. The van der Waals surface area contributed by atoms with Crippen LogP contribution in [0.3, 0.4) is 0 Å². The minimum absolute atomic E-state index is 0.123. The molecular weight excluding hydrogens is 322 g/mol. The van der Waals surface area contributed by atoms with E-state index in [2.05, 4.69) is 15.3 Å². The molecule has 0 aliphatic heterocycles. The number of aliphatic hydroxyl groups is 1. The van der Waals surface area contributed by atoms with Crippen LogP contribution in [0.25, 0.3) is 10.9 Å². The lowest BCUT2D eigenvalue weighted by atomic mass is 10.0. The van der Waals surface area contributed by atoms with E-state index in [1.165, 1.54) is 0 Å². The second-order valence-electron chi connectivity index (χ2n) is 5.84. The van der Waals surface area contributed by atoms with E-state index >= 15 is 0 Å². The maximum absolute atomic E-state index is 9.60. The van der Waals surface area contributed by atoms with E-state index in [1.54, 1.807) is 12.4 Å². The highest BCUT2D eigenvalue weighted by Gasteiger charge is 2.10. The van der Waals surface area contributed by atoms with Gasteiger partial charge in [-0.1, -0.05) is 23.7 Å². The molecule has 0 fully saturated rings. The van der Waals surface area contributed by atoms with Crippen LogP contribution >= 0.6 is 11.6 Å². The van der Waals surface area contributed by atoms with Crippen molar-refractivity contribution in [2.45, 2.75) is 13.0 Å². The quantitative estimate of drug-likeness (QED) is 0.692. The van der Waals surface area contributed by atoms with Gasteiger partial charge in [-0.25, -0.2) is 0 Å². The summed E-state index contributed by atoms with van der Waals surface area (Å²) in [5.41, 5.74) is 3.01. The summed E-state index contributed by atoms with van der Waals surface area (Å²) in [4.78, 5) is 8.77. The van der Waals surface area contributed by atoms with Crippen molar-refractivity contribution in [3.63, 3.8) is 0 Å². The van der Waals surface area contributed by atoms with Crippen LogP contribution in [-0.4, -0.2) is 28.2 Å². The monoisotopic (exact) mass is 341 g/mol. The molecule has 1 aromatic carbocycles. The molecule has 0 spiro atoms. The zero-order valence-electron chi connectivity index (χ0n) is 13.3. The van der Waals surface area contributed by atoms with Gasteiger partial charge < -0.3 is 10.4 Å². The fourth-order valence-electron chi connectivity index (χ4n) is 2.79. The van der Waals surface area contributed by atoms with Crippen LogP contribution < -0.4 is 5.32 Å². The SMILES string of the molecule is OCC(CNCc1cc(Cl)cc2cccnc12)Cc1ccccn1. The van der Waals surface area contributed by atoms with Crippen LogP contribution in [0.1, 0.15) is 11.3 Å². The van der Waals surface area contributed by atoms with Gasteiger partial charge in [-0.05, 0) is 48.2 Å². The summed E-state index contributed by atoms with van der Waals surface area (Å²) in [7, 11) is 0. The average Bonchev–Trinajstić information content (AvgIpc) is 2.61. The van der Waals surface area contributed by atoms with E-state index in [0.717, 1.165) is 28.6 Å². The molecule has 2 heterocycles. The molecule has 3 rings (SSSR count). The van der Waals surface area contributed by atoms with E-state index < -0.39 is 0 Å². The Morgan fingerprint density at radius 2 is 1.96 bits per heavy atom. The van der Waals surface area contributed by atoms with Gasteiger partial charge in [0.05, 0.1) is 5.52 Å². The Morgan fingerprint density at radius 3 is 2.75 bits per heavy atom. The number of aliphatic hydroxyl groups excluding tert-OH is 1. The fraction of sp³-hybridized carbons (Fsp3) is 0.263. The summed E-state index contributed by atoms with van der Waals surface area (Å²) in [6.07, 6.45) is 4.32. The first-order valence-electron chi connectivity index (χ1n) is 8.01. The zero-order valence-corrected chi connectivity index (χ0v) is 14.1. The number of rotatable bonds is 7. The molecule has 0 saturated carbocycles. The van der Waals surface area contributed by atoms with Gasteiger partial charge in [0.1, 0.15) is 0 Å². The Kier molecular flexibility index (Phi) is 5.75. The van der Waals surface area contributed by atoms with Crippen molar-refractivity contribution in [1.82, 2.24) is 15.3 Å². The number of fused-ring (bicyclic) bond motifs is 1. The largest absolute Gasteiger partial charge is 0.396 e. The van der Waals surface area contributed by atoms with Gasteiger partial charge in [0.15, 0.2) is 0 Å². The maximum atomic E-state index is 9.60. The second-order valence-corrected chi connectivity index (χ2v) is 6.28. The third kappa shape index (κ3) is 4.29. The summed E-state index contributed by atoms with van der Waals surface area (Å²) in [6.45, 7) is 1.48. The maximum Gasteiger partial charge on any atom is 0.0747 e. The lowest BCUT2D eigenvalue weighted by molar-refractivity contribution is 0.221. The first-order valence-corrected chi connectivity index (χ1v) is 8.38. The Balaban J connectivity index is 1.63. The minimum atomic E-state index is 0.123. The van der Waals surface area contributed by atoms with Crippen molar-refractivity contribution in [1.29, 1.82) is 0 Å². The van der Waals surface area contributed by atoms with Crippen molar-refractivity contribution in [2.24, 2.45) is 5.92 Å². The fourth-order valence-corrected chi connectivity index (χ4v) is 3.04. The second kappa shape index (κ2) is 8.20. The molecule has 0 radical (unpaired) electrons. The molecule has 0 bridgehead atoms. The smallest absolute Gasteiger partial charge is 0.0747 e. The molecule has 1 unspecified atom stereocenters. The molecule has 2 N–H and O–H groups in total. The third-order valence-corrected chi connectivity index (χ3v) is 4.20. The Labute approximate surface area is 146 Å². The topological polar surface area (TPSA) is 58.0 Å². The number of aromatic nitrogens is 2. The Hall–Kier alpha value is -2.01. The van der Waals surface area contributed by atoms with E-state index in [1.807, 2.05) is 42.5 Å². The predicted octanol–water partition coefficient (Wildman–Crippen LogP) is 3.22. The van der Waals surface area contributed by atoms with Crippen LogP contribution in [0.4, 0.5) is 0 Å². The van der Waals surface area contributed by atoms with E-state index in [9.17, 15) is 5.11 Å². The number of hydrogen-bond acceptors (Lipinski definition) is 4. The van der Waals surface area contributed by atoms with Crippen molar-refractivity contribution in [2.75, 3.05) is 13.2 Å². The molecule has 0 saturated heterocycles. The summed E-state index contributed by atoms with van der Waals surface area (Å²) < 4.78 is 0. The summed E-state index contributed by atoms with van der Waals surface area (Å²) >= 11 is 6.20. The number of benzene rings is 1. The van der Waals surface area contributed by atoms with Crippen molar-refractivity contribution < 1.29 is 5.11 Å². The van der Waals surface area contributed by atoms with Gasteiger partial charge in [-0.2, -0.15) is 0 Å². The molecule has 5 heteroatoms. The van der Waals surface area contributed by atoms with Crippen LogP contribution in [0, 0.1) is 5.92 Å². The van der Waals surface area contributed by atoms with Gasteiger partial charge in [0.2, 0.25) is 0 Å². The van der Waals surface area contributed by atoms with Crippen LogP contribution in [0.2, 0.25) is 5.02 Å². The Bertz CT molecular complexity index is 795. The Morgan fingerprint density at radius 1 is 1.08 bits per heavy atom. The van der Waals surface area contributed by atoms with Crippen LogP contribution in [-0.2, 0) is 13.0 Å². The zero-order chi connectivity index (χ0) is 16.8. The number of hydrogen-bond donors (Lipinski definition) is 2. The van der Waals surface area contributed by atoms with E-state index in [-0.39, 0.29) is 12.5 Å². The van der Waals surface area contributed by atoms with Gasteiger partial charge in [-0.15, -0.1) is 0 Å². The van der Waals surface area contributed by atoms with Gasteiger partial charge >= 0.3 is 0 Å². The van der Waals surface area contributed by atoms with Crippen molar-refractivity contribution in [3.8, 4) is 0 Å². The van der Waals surface area contributed by atoms with Gasteiger partial charge in [0, 0.05) is 48.2 Å². The highest BCUT2D eigenvalue weighted by atomic mass is 35.5. The predicted molar refractivity (Wildman–Crippen MR) is 97.0 cm³/mol. The highest BCUT2D eigenvalue weighted by molar-refractivity contribution is 6.31. The van der Waals surface area contributed by atoms with E-state index in [0.29, 0.717) is 18.1 Å². The number of nitrogens with one attached hydrogen (secondary N) is 1. The molecule has 0 aliphatic rings. The molecule has 0 amide bonds. The standard InChI is InChI=1S/C19H20ClN3O/c20-17-9-15-4-3-7-23-19(15)16(10-17)12-21-11-14(13-24)8-18-5-1-2-6-22-18/h1-7,9-10,14,21,24H,8,11-13H2. The summed E-state index contributed by atoms with van der Waals surface area (Å²) in [5, 5.41) is 14.7. The minimum Gasteiger partial charge on any atom is -0.396 e. The van der Waals surface area contributed by atoms with Crippen molar-refractivity contribution >= 4 is 22.5 Å².